The molecule has 0 heterocycles. The number of alkyl halides is 3. The van der Waals surface area contributed by atoms with Crippen molar-refractivity contribution in [3.63, 3.8) is 0 Å². The van der Waals surface area contributed by atoms with Crippen LogP contribution < -0.4 is 0 Å². The molecule has 0 fully saturated rings. The molecule has 166 valence electrons. The summed E-state index contributed by atoms with van der Waals surface area (Å²) in [6, 6.07) is 9.38. The van der Waals surface area contributed by atoms with Crippen LogP contribution in [0.5, 0.6) is 0 Å². The predicted octanol–water partition coefficient (Wildman–Crippen LogP) is 4.30. The summed E-state index contributed by atoms with van der Waals surface area (Å²) in [5.74, 6) is -1.33. The van der Waals surface area contributed by atoms with Crippen LogP contribution in [0.2, 0.25) is 0 Å². The third-order valence-corrected chi connectivity index (χ3v) is 3.91. The Hall–Kier alpha value is -1.57. The molecule has 0 amide bonds. The van der Waals surface area contributed by atoms with Crippen molar-refractivity contribution in [1.82, 2.24) is 0 Å². The van der Waals surface area contributed by atoms with Gasteiger partial charge in [0.15, 0.2) is 0 Å². The SMILES string of the molecule is C[C@H](O)C/C=C/C(=O)O[C@@H](C)[C@@H](/C=C/C(=O)OCC(Cl)(Cl)Cl)OCc1ccccc1. The maximum atomic E-state index is 12.0. The topological polar surface area (TPSA) is 82.1 Å². The monoisotopic (exact) mass is 478 g/mol. The van der Waals surface area contributed by atoms with E-state index in [2.05, 4.69) is 0 Å². The van der Waals surface area contributed by atoms with Crippen molar-refractivity contribution in [3.8, 4) is 0 Å². The highest BCUT2D eigenvalue weighted by molar-refractivity contribution is 6.67. The average Bonchev–Trinajstić information content (AvgIpc) is 2.66. The van der Waals surface area contributed by atoms with Gasteiger partial charge in [0, 0.05) is 12.2 Å². The molecule has 0 aliphatic heterocycles. The van der Waals surface area contributed by atoms with Gasteiger partial charge in [-0.1, -0.05) is 71.2 Å². The quantitative estimate of drug-likeness (QED) is 0.289. The van der Waals surface area contributed by atoms with Gasteiger partial charge < -0.3 is 19.3 Å². The number of carbonyl (C=O) groups is 2. The van der Waals surface area contributed by atoms with E-state index in [1.807, 2.05) is 30.3 Å². The number of carbonyl (C=O) groups excluding carboxylic acids is 2. The molecule has 0 aliphatic rings. The molecule has 30 heavy (non-hydrogen) atoms. The third-order valence-electron chi connectivity index (χ3n) is 3.58. The number of hydrogen-bond donors (Lipinski definition) is 1. The van der Waals surface area contributed by atoms with E-state index in [-0.39, 0.29) is 6.61 Å². The van der Waals surface area contributed by atoms with E-state index in [1.165, 1.54) is 18.2 Å². The molecule has 0 saturated heterocycles. The van der Waals surface area contributed by atoms with Crippen LogP contribution in [0.3, 0.4) is 0 Å². The van der Waals surface area contributed by atoms with Crippen LogP contribution >= 0.6 is 34.8 Å². The minimum absolute atomic E-state index is 0.235. The lowest BCUT2D eigenvalue weighted by Crippen LogP contribution is -2.29. The molecule has 0 spiro atoms. The fourth-order valence-corrected chi connectivity index (χ4v) is 2.30. The van der Waals surface area contributed by atoms with Crippen molar-refractivity contribution >= 4 is 46.7 Å². The fourth-order valence-electron chi connectivity index (χ4n) is 2.14. The Morgan fingerprint density at radius 2 is 1.77 bits per heavy atom. The van der Waals surface area contributed by atoms with Crippen molar-refractivity contribution in [3.05, 3.63) is 60.2 Å². The molecule has 0 aliphatic carbocycles. The van der Waals surface area contributed by atoms with Gasteiger partial charge in [-0.05, 0) is 31.9 Å². The number of benzene rings is 1. The first kappa shape index (κ1) is 26.5. The molecule has 0 saturated carbocycles. The van der Waals surface area contributed by atoms with Crippen LogP contribution in [-0.4, -0.2) is 45.8 Å². The standard InChI is InChI=1S/C21H25Cl3O6/c1-15(25)7-6-10-20(27)30-16(2)18(28-13-17-8-4-3-5-9-17)11-12-19(26)29-14-21(22,23)24/h3-6,8-12,15-16,18,25H,7,13-14H2,1-2H3/b10-6+,12-11+/t15-,16-,18+/m0/s1. The van der Waals surface area contributed by atoms with Crippen LogP contribution in [0.1, 0.15) is 25.8 Å². The number of ether oxygens (including phenoxy) is 3. The molecule has 0 bridgehead atoms. The van der Waals surface area contributed by atoms with Crippen LogP contribution in [-0.2, 0) is 30.4 Å². The number of rotatable bonds is 11. The number of aliphatic hydroxyl groups is 1. The molecule has 1 aromatic carbocycles. The fraction of sp³-hybridized carbons (Fsp3) is 0.429. The maximum absolute atomic E-state index is 12.0. The van der Waals surface area contributed by atoms with Crippen molar-refractivity contribution in [2.75, 3.05) is 6.61 Å². The smallest absolute Gasteiger partial charge is 0.330 e. The Bertz CT molecular complexity index is 713. The lowest BCUT2D eigenvalue weighted by Gasteiger charge is -2.21. The summed E-state index contributed by atoms with van der Waals surface area (Å²) in [6.07, 6.45) is 3.61. The molecule has 9 heteroatoms. The second-order valence-corrected chi connectivity index (χ2v) is 8.99. The van der Waals surface area contributed by atoms with Crippen molar-refractivity contribution in [2.24, 2.45) is 0 Å². The molecule has 3 atom stereocenters. The van der Waals surface area contributed by atoms with Crippen molar-refractivity contribution in [1.29, 1.82) is 0 Å². The lowest BCUT2D eigenvalue weighted by atomic mass is 10.2. The first-order valence-electron chi connectivity index (χ1n) is 9.19. The van der Waals surface area contributed by atoms with Crippen molar-refractivity contribution < 1.29 is 28.9 Å². The van der Waals surface area contributed by atoms with E-state index in [0.29, 0.717) is 6.42 Å². The van der Waals surface area contributed by atoms with Gasteiger partial charge in [-0.2, -0.15) is 0 Å². The van der Waals surface area contributed by atoms with Gasteiger partial charge in [-0.15, -0.1) is 0 Å². The number of hydrogen-bond acceptors (Lipinski definition) is 6. The van der Waals surface area contributed by atoms with Crippen LogP contribution in [0.4, 0.5) is 0 Å². The first-order valence-corrected chi connectivity index (χ1v) is 10.3. The Morgan fingerprint density at radius 1 is 1.10 bits per heavy atom. The number of aliphatic hydroxyl groups excluding tert-OH is 1. The van der Waals surface area contributed by atoms with Gasteiger partial charge in [0.2, 0.25) is 3.79 Å². The van der Waals surface area contributed by atoms with Gasteiger partial charge in [0.05, 0.1) is 12.7 Å². The first-order chi connectivity index (χ1) is 14.1. The van der Waals surface area contributed by atoms with Crippen LogP contribution in [0, 0.1) is 0 Å². The molecule has 0 radical (unpaired) electrons. The molecular weight excluding hydrogens is 455 g/mol. The van der Waals surface area contributed by atoms with E-state index >= 15 is 0 Å². The normalized spacial score (nSPS) is 15.1. The van der Waals surface area contributed by atoms with Gasteiger partial charge >= 0.3 is 11.9 Å². The molecule has 1 N–H and O–H groups in total. The largest absolute Gasteiger partial charge is 0.458 e. The summed E-state index contributed by atoms with van der Waals surface area (Å²) in [4.78, 5) is 23.8. The Balaban J connectivity index is 2.75. The minimum atomic E-state index is -1.71. The highest BCUT2D eigenvalue weighted by atomic mass is 35.6. The minimum Gasteiger partial charge on any atom is -0.458 e. The highest BCUT2D eigenvalue weighted by Gasteiger charge is 2.22. The number of esters is 2. The molecule has 0 aromatic heterocycles. The molecular formula is C21H25Cl3O6. The number of halogens is 3. The van der Waals surface area contributed by atoms with E-state index in [9.17, 15) is 14.7 Å². The zero-order valence-electron chi connectivity index (χ0n) is 16.7. The zero-order chi connectivity index (χ0) is 22.6. The van der Waals surface area contributed by atoms with E-state index in [0.717, 1.165) is 11.6 Å². The average molecular weight is 480 g/mol. The Labute approximate surface area is 191 Å². The predicted molar refractivity (Wildman–Crippen MR) is 116 cm³/mol. The zero-order valence-corrected chi connectivity index (χ0v) is 18.9. The lowest BCUT2D eigenvalue weighted by molar-refractivity contribution is -0.148. The summed E-state index contributed by atoms with van der Waals surface area (Å²) in [6.45, 7) is 3.07. The summed E-state index contributed by atoms with van der Waals surface area (Å²) in [5.41, 5.74) is 0.907. The summed E-state index contributed by atoms with van der Waals surface area (Å²) >= 11 is 16.7. The maximum Gasteiger partial charge on any atom is 0.330 e. The summed E-state index contributed by atoms with van der Waals surface area (Å²) in [5, 5.41) is 9.23. The summed E-state index contributed by atoms with van der Waals surface area (Å²) < 4.78 is 14.3. The van der Waals surface area contributed by atoms with Crippen molar-refractivity contribution in [2.45, 2.75) is 49.0 Å². The Kier molecular flexibility index (Phi) is 12.1. The van der Waals surface area contributed by atoms with Gasteiger partial charge in [0.1, 0.15) is 18.8 Å². The van der Waals surface area contributed by atoms with E-state index in [4.69, 9.17) is 49.0 Å². The van der Waals surface area contributed by atoms with Crippen LogP contribution in [0.15, 0.2) is 54.6 Å². The van der Waals surface area contributed by atoms with Crippen LogP contribution in [0.25, 0.3) is 0 Å². The molecule has 1 rings (SSSR count). The van der Waals surface area contributed by atoms with E-state index in [1.54, 1.807) is 13.8 Å². The van der Waals surface area contributed by atoms with Gasteiger partial charge in [0.25, 0.3) is 0 Å². The molecule has 0 unspecified atom stereocenters. The molecule has 6 nitrogen and oxygen atoms in total. The van der Waals surface area contributed by atoms with Gasteiger partial charge in [-0.25, -0.2) is 9.59 Å². The van der Waals surface area contributed by atoms with Gasteiger partial charge in [-0.3, -0.25) is 0 Å². The Morgan fingerprint density at radius 3 is 2.37 bits per heavy atom. The second kappa shape index (κ2) is 13.7. The van der Waals surface area contributed by atoms with E-state index < -0.39 is 40.6 Å². The molecule has 1 aromatic rings. The third kappa shape index (κ3) is 12.9. The highest BCUT2D eigenvalue weighted by Crippen LogP contribution is 2.26. The summed E-state index contributed by atoms with van der Waals surface area (Å²) in [7, 11) is 0. The second-order valence-electron chi connectivity index (χ2n) is 6.47.